The lowest BCUT2D eigenvalue weighted by Gasteiger charge is -2.23. The Balaban J connectivity index is 2.59. The van der Waals surface area contributed by atoms with Crippen LogP contribution in [0.2, 0.25) is 0 Å². The van der Waals surface area contributed by atoms with Crippen molar-refractivity contribution in [2.45, 2.75) is 26.9 Å². The smallest absolute Gasteiger partial charge is 0.325 e. The number of benzene rings is 1. The molecule has 20 heavy (non-hydrogen) atoms. The van der Waals surface area contributed by atoms with Crippen molar-refractivity contribution >= 4 is 11.9 Å². The Morgan fingerprint density at radius 2 is 1.85 bits per heavy atom. The van der Waals surface area contributed by atoms with E-state index in [9.17, 15) is 9.59 Å². The van der Waals surface area contributed by atoms with Crippen molar-refractivity contribution < 1.29 is 19.1 Å². The minimum Gasteiger partial charge on any atom is -0.481 e. The van der Waals surface area contributed by atoms with Gasteiger partial charge in [0, 0.05) is 6.54 Å². The topological polar surface area (TPSA) is 55.8 Å². The summed E-state index contributed by atoms with van der Waals surface area (Å²) in [6.07, 6.45) is -0.647. The van der Waals surface area contributed by atoms with Crippen LogP contribution in [0.15, 0.2) is 30.3 Å². The highest BCUT2D eigenvalue weighted by molar-refractivity contribution is 5.85. The van der Waals surface area contributed by atoms with Crippen molar-refractivity contribution in [3.8, 4) is 5.75 Å². The molecule has 110 valence electrons. The molecule has 1 aromatic carbocycles. The molecule has 1 amide bonds. The van der Waals surface area contributed by atoms with Crippen molar-refractivity contribution in [1.82, 2.24) is 4.90 Å². The number of hydrogen-bond acceptors (Lipinski definition) is 4. The van der Waals surface area contributed by atoms with Gasteiger partial charge in [-0.15, -0.1) is 0 Å². The van der Waals surface area contributed by atoms with Crippen LogP contribution >= 0.6 is 0 Å². The second-order valence-electron chi connectivity index (χ2n) is 4.23. The first kappa shape index (κ1) is 16.0. The summed E-state index contributed by atoms with van der Waals surface area (Å²) in [5.74, 6) is -0.0143. The maximum absolute atomic E-state index is 12.2. The highest BCUT2D eigenvalue weighted by Gasteiger charge is 2.23. The van der Waals surface area contributed by atoms with Gasteiger partial charge in [-0.1, -0.05) is 18.2 Å². The number of esters is 1. The number of carbonyl (C=O) groups is 2. The molecular weight excluding hydrogens is 258 g/mol. The van der Waals surface area contributed by atoms with Crippen molar-refractivity contribution in [2.75, 3.05) is 19.7 Å². The van der Waals surface area contributed by atoms with Gasteiger partial charge < -0.3 is 14.4 Å². The fourth-order valence-electron chi connectivity index (χ4n) is 1.72. The van der Waals surface area contributed by atoms with Gasteiger partial charge in [-0.2, -0.15) is 0 Å². The second kappa shape index (κ2) is 8.19. The number of hydrogen-bond donors (Lipinski definition) is 0. The van der Waals surface area contributed by atoms with E-state index >= 15 is 0 Å². The van der Waals surface area contributed by atoms with Crippen LogP contribution in [0, 0.1) is 0 Å². The molecule has 1 unspecified atom stereocenters. The number of rotatable bonds is 7. The average Bonchev–Trinajstić information content (AvgIpc) is 2.45. The predicted octanol–water partition coefficient (Wildman–Crippen LogP) is 1.87. The Bertz CT molecular complexity index is 433. The van der Waals surface area contributed by atoms with E-state index in [0.717, 1.165) is 0 Å². The number of carbonyl (C=O) groups excluding carboxylic acids is 2. The van der Waals surface area contributed by atoms with Crippen molar-refractivity contribution in [1.29, 1.82) is 0 Å². The molecule has 1 atom stereocenters. The molecule has 1 aromatic rings. The third-order valence-corrected chi connectivity index (χ3v) is 2.72. The Labute approximate surface area is 119 Å². The Morgan fingerprint density at radius 3 is 2.40 bits per heavy atom. The van der Waals surface area contributed by atoms with E-state index in [1.807, 2.05) is 25.1 Å². The molecule has 0 fully saturated rings. The summed E-state index contributed by atoms with van der Waals surface area (Å²) in [4.78, 5) is 25.1. The highest BCUT2D eigenvalue weighted by atomic mass is 16.5. The summed E-state index contributed by atoms with van der Waals surface area (Å²) in [7, 11) is 0. The van der Waals surface area contributed by atoms with E-state index in [-0.39, 0.29) is 12.5 Å². The monoisotopic (exact) mass is 279 g/mol. The van der Waals surface area contributed by atoms with Crippen LogP contribution in [0.4, 0.5) is 0 Å². The lowest BCUT2D eigenvalue weighted by molar-refractivity contribution is -0.150. The molecule has 0 heterocycles. The van der Waals surface area contributed by atoms with E-state index in [4.69, 9.17) is 9.47 Å². The number of likely N-dealkylation sites (N-methyl/N-ethyl adjacent to an activating group) is 1. The number of para-hydroxylation sites is 1. The van der Waals surface area contributed by atoms with E-state index in [0.29, 0.717) is 18.9 Å². The third-order valence-electron chi connectivity index (χ3n) is 2.72. The van der Waals surface area contributed by atoms with Crippen molar-refractivity contribution in [2.24, 2.45) is 0 Å². The minimum atomic E-state index is -0.647. The molecule has 0 aliphatic heterocycles. The quantitative estimate of drug-likeness (QED) is 0.715. The summed E-state index contributed by atoms with van der Waals surface area (Å²) in [6, 6.07) is 9.11. The zero-order valence-corrected chi connectivity index (χ0v) is 12.2. The highest BCUT2D eigenvalue weighted by Crippen LogP contribution is 2.12. The van der Waals surface area contributed by atoms with Gasteiger partial charge in [0.05, 0.1) is 6.61 Å². The molecule has 0 saturated heterocycles. The molecule has 0 radical (unpaired) electrons. The van der Waals surface area contributed by atoms with Gasteiger partial charge in [0.2, 0.25) is 0 Å². The zero-order chi connectivity index (χ0) is 15.0. The van der Waals surface area contributed by atoms with Gasteiger partial charge in [0.25, 0.3) is 5.91 Å². The maximum atomic E-state index is 12.2. The third kappa shape index (κ3) is 4.91. The standard InChI is InChI=1S/C15H21NO4/c1-4-16(11-14(17)19-5-2)15(18)12(3)20-13-9-7-6-8-10-13/h6-10,12H,4-5,11H2,1-3H3. The molecule has 0 aromatic heterocycles. The van der Waals surface area contributed by atoms with Crippen LogP contribution in [0.1, 0.15) is 20.8 Å². The minimum absolute atomic E-state index is 0.0499. The Morgan fingerprint density at radius 1 is 1.20 bits per heavy atom. The van der Waals surface area contributed by atoms with Gasteiger partial charge in [0.15, 0.2) is 6.10 Å². The average molecular weight is 279 g/mol. The molecule has 0 spiro atoms. The molecule has 5 heteroatoms. The van der Waals surface area contributed by atoms with Gasteiger partial charge in [-0.05, 0) is 32.9 Å². The molecule has 5 nitrogen and oxygen atoms in total. The number of ether oxygens (including phenoxy) is 2. The first-order valence-electron chi connectivity index (χ1n) is 6.74. The molecule has 0 aliphatic carbocycles. The van der Waals surface area contributed by atoms with Crippen LogP contribution in [0.3, 0.4) is 0 Å². The summed E-state index contributed by atoms with van der Waals surface area (Å²) in [5, 5.41) is 0. The zero-order valence-electron chi connectivity index (χ0n) is 12.2. The normalized spacial score (nSPS) is 11.6. The van der Waals surface area contributed by atoms with Crippen LogP contribution in [0.5, 0.6) is 5.75 Å². The van der Waals surface area contributed by atoms with Crippen molar-refractivity contribution in [3.05, 3.63) is 30.3 Å². The van der Waals surface area contributed by atoms with E-state index in [1.165, 1.54) is 4.90 Å². The number of nitrogens with zero attached hydrogens (tertiary/aromatic N) is 1. The molecule has 0 saturated carbocycles. The van der Waals surface area contributed by atoms with Gasteiger partial charge in [-0.3, -0.25) is 9.59 Å². The summed E-state index contributed by atoms with van der Waals surface area (Å²) >= 11 is 0. The van der Waals surface area contributed by atoms with E-state index in [2.05, 4.69) is 0 Å². The summed E-state index contributed by atoms with van der Waals surface area (Å²) in [5.41, 5.74) is 0. The fourth-order valence-corrected chi connectivity index (χ4v) is 1.72. The largest absolute Gasteiger partial charge is 0.481 e. The fraction of sp³-hybridized carbons (Fsp3) is 0.467. The van der Waals surface area contributed by atoms with E-state index < -0.39 is 12.1 Å². The molecular formula is C15H21NO4. The molecule has 0 bridgehead atoms. The predicted molar refractivity (Wildman–Crippen MR) is 75.4 cm³/mol. The molecule has 1 rings (SSSR count). The Hall–Kier alpha value is -2.04. The first-order valence-corrected chi connectivity index (χ1v) is 6.74. The first-order chi connectivity index (χ1) is 9.58. The van der Waals surface area contributed by atoms with Crippen LogP contribution in [-0.4, -0.2) is 42.6 Å². The van der Waals surface area contributed by atoms with Crippen LogP contribution < -0.4 is 4.74 Å². The van der Waals surface area contributed by atoms with Gasteiger partial charge in [0.1, 0.15) is 12.3 Å². The summed E-state index contributed by atoms with van der Waals surface area (Å²) in [6.45, 7) is 5.90. The van der Waals surface area contributed by atoms with E-state index in [1.54, 1.807) is 26.0 Å². The SMILES string of the molecule is CCOC(=O)CN(CC)C(=O)C(C)Oc1ccccc1. The second-order valence-corrected chi connectivity index (χ2v) is 4.23. The molecule has 0 N–H and O–H groups in total. The maximum Gasteiger partial charge on any atom is 0.325 e. The van der Waals surface area contributed by atoms with Gasteiger partial charge >= 0.3 is 5.97 Å². The lowest BCUT2D eigenvalue weighted by Crippen LogP contribution is -2.43. The van der Waals surface area contributed by atoms with Crippen LogP contribution in [-0.2, 0) is 14.3 Å². The number of amides is 1. The van der Waals surface area contributed by atoms with Gasteiger partial charge in [-0.25, -0.2) is 0 Å². The summed E-state index contributed by atoms with van der Waals surface area (Å²) < 4.78 is 10.4. The van der Waals surface area contributed by atoms with Crippen molar-refractivity contribution in [3.63, 3.8) is 0 Å². The lowest BCUT2D eigenvalue weighted by atomic mass is 10.3. The van der Waals surface area contributed by atoms with Crippen LogP contribution in [0.25, 0.3) is 0 Å². The Kier molecular flexibility index (Phi) is 6.56. The molecule has 0 aliphatic rings.